The molecule has 0 aliphatic carbocycles. The molecule has 1 heterocycles. The molecular weight excluding hydrogens is 376 g/mol. The molecular formula is C17H20N2O5S2. The fraction of sp³-hybridized carbons (Fsp3) is 0.294. The Kier molecular flexibility index (Phi) is 6.90. The summed E-state index contributed by atoms with van der Waals surface area (Å²) in [5.74, 6) is -1.11. The molecule has 0 spiro atoms. The molecule has 140 valence electrons. The maximum atomic E-state index is 12.0. The molecule has 0 unspecified atom stereocenters. The van der Waals surface area contributed by atoms with Crippen molar-refractivity contribution in [3.63, 3.8) is 0 Å². The molecule has 0 aliphatic heterocycles. The molecule has 0 radical (unpaired) electrons. The number of amides is 1. The van der Waals surface area contributed by atoms with Crippen molar-refractivity contribution in [3.8, 4) is 0 Å². The summed E-state index contributed by atoms with van der Waals surface area (Å²) in [7, 11) is -3.58. The number of nitrogens with one attached hydrogen (secondary N) is 2. The van der Waals surface area contributed by atoms with E-state index in [1.165, 1.54) is 35.6 Å². The van der Waals surface area contributed by atoms with Gasteiger partial charge in [-0.3, -0.25) is 4.79 Å². The number of carbonyl (C=O) groups excluding carboxylic acids is 2. The van der Waals surface area contributed by atoms with Crippen molar-refractivity contribution in [1.82, 2.24) is 10.0 Å². The number of esters is 1. The van der Waals surface area contributed by atoms with E-state index < -0.39 is 28.5 Å². The lowest BCUT2D eigenvalue weighted by Gasteiger charge is -2.12. The van der Waals surface area contributed by atoms with Gasteiger partial charge >= 0.3 is 5.97 Å². The average molecular weight is 396 g/mol. The Bertz CT molecular complexity index is 846. The second-order valence-electron chi connectivity index (χ2n) is 5.41. The molecule has 1 amide bonds. The summed E-state index contributed by atoms with van der Waals surface area (Å²) in [6.07, 6.45) is 0. The standard InChI is InChI=1S/C17H20N2O5S2/c1-3-18-26(22,23)14-8-6-13(7-9-14)17(21)24-11-16(20)19-12(2)15-5-4-10-25-15/h4-10,12,18H,3,11H2,1-2H3,(H,19,20)/t12-/m1/s1. The predicted octanol–water partition coefficient (Wildman–Crippen LogP) is 2.08. The second-order valence-corrected chi connectivity index (χ2v) is 8.15. The van der Waals surface area contributed by atoms with Crippen LogP contribution in [-0.2, 0) is 19.6 Å². The first-order valence-electron chi connectivity index (χ1n) is 7.93. The number of hydrogen-bond acceptors (Lipinski definition) is 6. The van der Waals surface area contributed by atoms with Gasteiger partial charge in [-0.05, 0) is 42.6 Å². The van der Waals surface area contributed by atoms with Crippen LogP contribution < -0.4 is 10.0 Å². The minimum absolute atomic E-state index is 0.0541. The highest BCUT2D eigenvalue weighted by atomic mass is 32.2. The van der Waals surface area contributed by atoms with Gasteiger partial charge in [0.1, 0.15) is 0 Å². The fourth-order valence-corrected chi connectivity index (χ4v) is 3.93. The number of ether oxygens (including phenoxy) is 1. The maximum absolute atomic E-state index is 12.0. The minimum Gasteiger partial charge on any atom is -0.452 e. The van der Waals surface area contributed by atoms with Crippen LogP contribution in [0, 0.1) is 0 Å². The Morgan fingerprint density at radius 3 is 2.46 bits per heavy atom. The summed E-state index contributed by atoms with van der Waals surface area (Å²) < 4.78 is 31.0. The van der Waals surface area contributed by atoms with E-state index in [-0.39, 0.29) is 23.0 Å². The van der Waals surface area contributed by atoms with E-state index >= 15 is 0 Å². The molecule has 7 nitrogen and oxygen atoms in total. The van der Waals surface area contributed by atoms with Crippen LogP contribution in [0.2, 0.25) is 0 Å². The molecule has 1 atom stereocenters. The third-order valence-electron chi connectivity index (χ3n) is 3.42. The lowest BCUT2D eigenvalue weighted by atomic mass is 10.2. The molecule has 26 heavy (non-hydrogen) atoms. The highest BCUT2D eigenvalue weighted by molar-refractivity contribution is 7.89. The summed E-state index contributed by atoms with van der Waals surface area (Å²) in [5, 5.41) is 4.65. The number of carbonyl (C=O) groups is 2. The van der Waals surface area contributed by atoms with Gasteiger partial charge in [0.05, 0.1) is 16.5 Å². The molecule has 9 heteroatoms. The fourth-order valence-electron chi connectivity index (χ4n) is 2.15. The number of thiophene rings is 1. The maximum Gasteiger partial charge on any atom is 0.338 e. The third kappa shape index (κ3) is 5.38. The molecule has 0 saturated carbocycles. The Hall–Kier alpha value is -2.23. The van der Waals surface area contributed by atoms with Crippen molar-refractivity contribution in [2.75, 3.05) is 13.2 Å². The van der Waals surface area contributed by atoms with Gasteiger partial charge in [0.25, 0.3) is 5.91 Å². The second kappa shape index (κ2) is 8.93. The molecule has 0 bridgehead atoms. The summed E-state index contributed by atoms with van der Waals surface area (Å²) in [6, 6.07) is 8.95. The van der Waals surface area contributed by atoms with Crippen LogP contribution in [0.3, 0.4) is 0 Å². The highest BCUT2D eigenvalue weighted by Crippen LogP contribution is 2.18. The molecule has 2 aromatic rings. The first-order chi connectivity index (χ1) is 12.3. The molecule has 0 fully saturated rings. The monoisotopic (exact) mass is 396 g/mol. The number of hydrogen-bond donors (Lipinski definition) is 2. The molecule has 1 aromatic carbocycles. The predicted molar refractivity (Wildman–Crippen MR) is 98.5 cm³/mol. The smallest absolute Gasteiger partial charge is 0.338 e. The van der Waals surface area contributed by atoms with Crippen LogP contribution in [0.1, 0.15) is 35.1 Å². The van der Waals surface area contributed by atoms with E-state index in [9.17, 15) is 18.0 Å². The third-order valence-corrected chi connectivity index (χ3v) is 6.03. The van der Waals surface area contributed by atoms with E-state index in [4.69, 9.17) is 4.74 Å². The van der Waals surface area contributed by atoms with Crippen molar-refractivity contribution in [3.05, 3.63) is 52.2 Å². The quantitative estimate of drug-likeness (QED) is 0.665. The van der Waals surface area contributed by atoms with Crippen LogP contribution in [0.5, 0.6) is 0 Å². The lowest BCUT2D eigenvalue weighted by molar-refractivity contribution is -0.124. The van der Waals surface area contributed by atoms with Gasteiger partial charge in [-0.1, -0.05) is 13.0 Å². The van der Waals surface area contributed by atoms with Gasteiger partial charge in [0, 0.05) is 11.4 Å². The van der Waals surface area contributed by atoms with Gasteiger partial charge in [0.15, 0.2) is 6.61 Å². The summed E-state index contributed by atoms with van der Waals surface area (Å²) in [6.45, 7) is 3.37. The van der Waals surface area contributed by atoms with Crippen LogP contribution >= 0.6 is 11.3 Å². The first kappa shape index (κ1) is 20.1. The zero-order valence-electron chi connectivity index (χ0n) is 14.4. The highest BCUT2D eigenvalue weighted by Gasteiger charge is 2.16. The molecule has 0 saturated heterocycles. The average Bonchev–Trinajstić information content (AvgIpc) is 3.14. The number of sulfonamides is 1. The Morgan fingerprint density at radius 2 is 1.88 bits per heavy atom. The minimum atomic E-state index is -3.58. The van der Waals surface area contributed by atoms with Crippen molar-refractivity contribution in [2.24, 2.45) is 0 Å². The van der Waals surface area contributed by atoms with Gasteiger partial charge < -0.3 is 10.1 Å². The first-order valence-corrected chi connectivity index (χ1v) is 10.3. The van der Waals surface area contributed by atoms with Crippen molar-refractivity contribution < 1.29 is 22.7 Å². The van der Waals surface area contributed by atoms with Crippen LogP contribution in [0.4, 0.5) is 0 Å². The number of benzene rings is 1. The Balaban J connectivity index is 1.88. The lowest BCUT2D eigenvalue weighted by Crippen LogP contribution is -2.30. The van der Waals surface area contributed by atoms with Gasteiger partial charge in [-0.2, -0.15) is 0 Å². The van der Waals surface area contributed by atoms with E-state index in [1.807, 2.05) is 24.4 Å². The molecule has 1 aromatic heterocycles. The van der Waals surface area contributed by atoms with E-state index in [2.05, 4.69) is 10.0 Å². The van der Waals surface area contributed by atoms with E-state index in [1.54, 1.807) is 6.92 Å². The molecule has 0 aliphatic rings. The van der Waals surface area contributed by atoms with Crippen molar-refractivity contribution in [2.45, 2.75) is 24.8 Å². The van der Waals surface area contributed by atoms with Gasteiger partial charge in [-0.25, -0.2) is 17.9 Å². The van der Waals surface area contributed by atoms with Gasteiger partial charge in [-0.15, -0.1) is 11.3 Å². The molecule has 2 N–H and O–H groups in total. The van der Waals surface area contributed by atoms with Crippen LogP contribution in [0.15, 0.2) is 46.7 Å². The largest absolute Gasteiger partial charge is 0.452 e. The van der Waals surface area contributed by atoms with Crippen molar-refractivity contribution >= 4 is 33.2 Å². The van der Waals surface area contributed by atoms with Crippen LogP contribution in [0.25, 0.3) is 0 Å². The summed E-state index contributed by atoms with van der Waals surface area (Å²) in [4.78, 5) is 24.9. The summed E-state index contributed by atoms with van der Waals surface area (Å²) in [5.41, 5.74) is 0.166. The Labute approximate surface area is 156 Å². The topological polar surface area (TPSA) is 102 Å². The van der Waals surface area contributed by atoms with Crippen molar-refractivity contribution in [1.29, 1.82) is 0 Å². The number of rotatable bonds is 8. The van der Waals surface area contributed by atoms with E-state index in [0.717, 1.165) is 4.88 Å². The summed E-state index contributed by atoms with van der Waals surface area (Å²) >= 11 is 1.52. The normalized spacial score (nSPS) is 12.4. The molecule has 2 rings (SSSR count). The zero-order valence-corrected chi connectivity index (χ0v) is 16.0. The Morgan fingerprint density at radius 1 is 1.19 bits per heavy atom. The van der Waals surface area contributed by atoms with Crippen LogP contribution in [-0.4, -0.2) is 33.4 Å². The van der Waals surface area contributed by atoms with E-state index in [0.29, 0.717) is 0 Å². The SMILES string of the molecule is CCNS(=O)(=O)c1ccc(C(=O)OCC(=O)N[C@H](C)c2cccs2)cc1. The van der Waals surface area contributed by atoms with Gasteiger partial charge in [0.2, 0.25) is 10.0 Å². The zero-order chi connectivity index (χ0) is 19.2.